The van der Waals surface area contributed by atoms with Gasteiger partial charge in [-0.1, -0.05) is 49.9 Å². The fourth-order valence-corrected chi connectivity index (χ4v) is 4.94. The molecule has 30 heavy (non-hydrogen) atoms. The number of aryl methyl sites for hydroxylation is 4. The van der Waals surface area contributed by atoms with Gasteiger partial charge < -0.3 is 4.57 Å². The zero-order chi connectivity index (χ0) is 21.3. The molecule has 0 bridgehead atoms. The molecule has 0 aliphatic heterocycles. The Morgan fingerprint density at radius 2 is 1.67 bits per heavy atom. The Bertz CT molecular complexity index is 1170. The monoisotopic (exact) mass is 408 g/mol. The summed E-state index contributed by atoms with van der Waals surface area (Å²) in [7, 11) is 5.06. The van der Waals surface area contributed by atoms with Crippen LogP contribution in [-0.2, 0) is 34.0 Å². The van der Waals surface area contributed by atoms with E-state index in [4.69, 9.17) is 0 Å². The molecular formula is C24H32N4O2. The van der Waals surface area contributed by atoms with Crippen LogP contribution in [0.1, 0.15) is 67.8 Å². The molecule has 0 spiro atoms. The number of aromatic nitrogens is 4. The predicted molar refractivity (Wildman–Crippen MR) is 120 cm³/mol. The van der Waals surface area contributed by atoms with E-state index in [1.807, 2.05) is 11.6 Å². The van der Waals surface area contributed by atoms with Crippen LogP contribution in [-0.4, -0.2) is 18.7 Å². The molecule has 1 aromatic carbocycles. The average Bonchev–Trinajstić information content (AvgIpc) is 3.31. The van der Waals surface area contributed by atoms with Crippen molar-refractivity contribution < 1.29 is 0 Å². The van der Waals surface area contributed by atoms with Crippen molar-refractivity contribution in [1.29, 1.82) is 0 Å². The Morgan fingerprint density at radius 3 is 2.50 bits per heavy atom. The predicted octanol–water partition coefficient (Wildman–Crippen LogP) is 3.58. The van der Waals surface area contributed by atoms with Crippen LogP contribution >= 0.6 is 0 Å². The van der Waals surface area contributed by atoms with Crippen molar-refractivity contribution in [3.05, 3.63) is 62.1 Å². The summed E-state index contributed by atoms with van der Waals surface area (Å²) in [4.78, 5) is 29.2. The lowest BCUT2D eigenvalue weighted by Crippen LogP contribution is -2.37. The van der Waals surface area contributed by atoms with Crippen LogP contribution in [0.15, 0.2) is 33.9 Å². The minimum absolute atomic E-state index is 0.275. The van der Waals surface area contributed by atoms with Gasteiger partial charge in [-0.25, -0.2) is 9.78 Å². The van der Waals surface area contributed by atoms with E-state index in [-0.39, 0.29) is 11.2 Å². The Kier molecular flexibility index (Phi) is 5.93. The second kappa shape index (κ2) is 8.62. The summed E-state index contributed by atoms with van der Waals surface area (Å²) in [5.41, 5.74) is 3.52. The molecule has 0 amide bonds. The number of fused-ring (bicyclic) bond motifs is 2. The number of rotatable bonds is 8. The van der Waals surface area contributed by atoms with E-state index in [0.29, 0.717) is 11.2 Å². The molecule has 0 saturated heterocycles. The zero-order valence-corrected chi connectivity index (χ0v) is 18.4. The van der Waals surface area contributed by atoms with Gasteiger partial charge in [-0.3, -0.25) is 13.9 Å². The summed E-state index contributed by atoms with van der Waals surface area (Å²) in [6, 6.07) is 8.92. The molecule has 3 aromatic rings. The molecule has 0 fully saturated rings. The summed E-state index contributed by atoms with van der Waals surface area (Å²) in [5, 5.41) is 0. The lowest BCUT2D eigenvalue weighted by atomic mass is 9.94. The fourth-order valence-electron chi connectivity index (χ4n) is 4.94. The minimum Gasteiger partial charge on any atom is -0.325 e. The van der Waals surface area contributed by atoms with E-state index in [2.05, 4.69) is 29.2 Å². The number of imidazole rings is 1. The zero-order valence-electron chi connectivity index (χ0n) is 18.4. The number of hydrogen-bond donors (Lipinski definition) is 0. The highest BCUT2D eigenvalue weighted by atomic mass is 16.2. The highest BCUT2D eigenvalue weighted by Gasteiger charge is 2.21. The first-order valence-electron chi connectivity index (χ1n) is 11.2. The first-order chi connectivity index (χ1) is 14.5. The fraction of sp³-hybridized carbons (Fsp3) is 0.542. The van der Waals surface area contributed by atoms with E-state index in [1.54, 1.807) is 18.2 Å². The first-order valence-corrected chi connectivity index (χ1v) is 11.2. The molecule has 1 aliphatic carbocycles. The van der Waals surface area contributed by atoms with Crippen molar-refractivity contribution in [2.75, 3.05) is 0 Å². The third kappa shape index (κ3) is 3.75. The maximum absolute atomic E-state index is 12.5. The third-order valence-electron chi connectivity index (χ3n) is 6.78. The van der Waals surface area contributed by atoms with E-state index >= 15 is 0 Å². The topological polar surface area (TPSA) is 61.8 Å². The molecule has 1 unspecified atom stereocenters. The molecule has 1 aliphatic rings. The first kappa shape index (κ1) is 20.6. The molecule has 0 saturated carbocycles. The molecule has 2 aromatic heterocycles. The molecular weight excluding hydrogens is 376 g/mol. The highest BCUT2D eigenvalue weighted by Crippen LogP contribution is 2.36. The van der Waals surface area contributed by atoms with Crippen molar-refractivity contribution in [1.82, 2.24) is 18.7 Å². The molecule has 4 rings (SSSR count). The molecule has 1 atom stereocenters. The quantitative estimate of drug-likeness (QED) is 0.535. The lowest BCUT2D eigenvalue weighted by Gasteiger charge is -2.11. The van der Waals surface area contributed by atoms with Crippen LogP contribution in [0, 0.1) is 0 Å². The number of unbranched alkanes of at least 4 members (excludes halogenated alkanes) is 4. The van der Waals surface area contributed by atoms with Crippen LogP contribution in [0.2, 0.25) is 0 Å². The third-order valence-corrected chi connectivity index (χ3v) is 6.78. The molecule has 2 heterocycles. The maximum atomic E-state index is 12.5. The van der Waals surface area contributed by atoms with Crippen molar-refractivity contribution >= 4 is 11.2 Å². The standard InChI is InChI=1S/C24H32N4O2/c1-26-20(25-22-21(26)23(29)28(3)24(30)27(22)2)14-8-6-4-5-7-11-17-15-16-18-12-9-10-13-19(17)18/h9-10,12-13,17H,4-8,11,14-16H2,1-3H3. The van der Waals surface area contributed by atoms with Gasteiger partial charge in [-0.05, 0) is 42.7 Å². The number of hydrogen-bond acceptors (Lipinski definition) is 3. The van der Waals surface area contributed by atoms with Gasteiger partial charge in [0.25, 0.3) is 5.56 Å². The van der Waals surface area contributed by atoms with E-state index in [9.17, 15) is 9.59 Å². The summed E-state index contributed by atoms with van der Waals surface area (Å²) in [5.74, 6) is 1.64. The van der Waals surface area contributed by atoms with Gasteiger partial charge >= 0.3 is 5.69 Å². The normalized spacial score (nSPS) is 15.8. The van der Waals surface area contributed by atoms with Gasteiger partial charge in [0.1, 0.15) is 5.82 Å². The largest absolute Gasteiger partial charge is 0.332 e. The van der Waals surface area contributed by atoms with Crippen molar-refractivity contribution in [2.24, 2.45) is 21.1 Å². The Balaban J connectivity index is 1.26. The maximum Gasteiger partial charge on any atom is 0.332 e. The summed E-state index contributed by atoms with van der Waals surface area (Å²) in [6.45, 7) is 0. The number of nitrogens with zero attached hydrogens (tertiary/aromatic N) is 4. The van der Waals surface area contributed by atoms with E-state index in [0.717, 1.165) is 29.2 Å². The van der Waals surface area contributed by atoms with Crippen LogP contribution < -0.4 is 11.2 Å². The summed E-state index contributed by atoms with van der Waals surface area (Å²) < 4.78 is 4.46. The second-order valence-corrected chi connectivity index (χ2v) is 8.71. The average molecular weight is 409 g/mol. The van der Waals surface area contributed by atoms with Gasteiger partial charge in [-0.2, -0.15) is 0 Å². The van der Waals surface area contributed by atoms with E-state index < -0.39 is 0 Å². The highest BCUT2D eigenvalue weighted by molar-refractivity contribution is 5.70. The van der Waals surface area contributed by atoms with Crippen molar-refractivity contribution in [3.63, 3.8) is 0 Å². The van der Waals surface area contributed by atoms with Gasteiger partial charge in [0, 0.05) is 27.6 Å². The molecule has 6 nitrogen and oxygen atoms in total. The van der Waals surface area contributed by atoms with Crippen LogP contribution in [0.3, 0.4) is 0 Å². The van der Waals surface area contributed by atoms with Crippen molar-refractivity contribution in [3.8, 4) is 0 Å². The van der Waals surface area contributed by atoms with Gasteiger partial charge in [-0.15, -0.1) is 0 Å². The minimum atomic E-state index is -0.331. The SMILES string of the molecule is Cn1c(=O)c2c(nc(CCCCCCCC3CCc4ccccc43)n2C)n(C)c1=O. The lowest BCUT2D eigenvalue weighted by molar-refractivity contribution is 0.535. The van der Waals surface area contributed by atoms with Crippen LogP contribution in [0.4, 0.5) is 0 Å². The Labute approximate surface area is 177 Å². The molecule has 6 heteroatoms. The number of benzene rings is 1. The van der Waals surface area contributed by atoms with Gasteiger partial charge in [0.2, 0.25) is 0 Å². The Morgan fingerprint density at radius 1 is 0.933 bits per heavy atom. The van der Waals surface area contributed by atoms with E-state index in [1.165, 1.54) is 56.6 Å². The Hall–Kier alpha value is -2.63. The molecule has 0 radical (unpaired) electrons. The molecule has 0 N–H and O–H groups in total. The van der Waals surface area contributed by atoms with Crippen molar-refractivity contribution in [2.45, 2.75) is 63.7 Å². The van der Waals surface area contributed by atoms with Crippen LogP contribution in [0.5, 0.6) is 0 Å². The second-order valence-electron chi connectivity index (χ2n) is 8.71. The summed E-state index contributed by atoms with van der Waals surface area (Å²) in [6.07, 6.45) is 10.7. The smallest absolute Gasteiger partial charge is 0.325 e. The van der Waals surface area contributed by atoms with Gasteiger partial charge in [0.15, 0.2) is 11.2 Å². The molecule has 160 valence electrons. The van der Waals surface area contributed by atoms with Gasteiger partial charge in [0.05, 0.1) is 0 Å². The summed E-state index contributed by atoms with van der Waals surface area (Å²) >= 11 is 0. The van der Waals surface area contributed by atoms with Crippen LogP contribution in [0.25, 0.3) is 11.2 Å².